The highest BCUT2D eigenvalue weighted by Crippen LogP contribution is 2.43. The van der Waals surface area contributed by atoms with E-state index in [2.05, 4.69) is 16.0 Å². The molecule has 4 heteroatoms. The van der Waals surface area contributed by atoms with E-state index in [1.54, 1.807) is 29.9 Å². The minimum Gasteiger partial charge on any atom is -0.265 e. The lowest BCUT2D eigenvalue weighted by molar-refractivity contribution is 0.628. The van der Waals surface area contributed by atoms with Crippen LogP contribution in [0, 0.1) is 5.82 Å². The summed E-state index contributed by atoms with van der Waals surface area (Å²) in [4.78, 5) is 10.6. The second kappa shape index (κ2) is 5.31. The van der Waals surface area contributed by atoms with Gasteiger partial charge in [-0.3, -0.25) is 4.98 Å². The number of hydrogen-bond donors (Lipinski definition) is 0. The van der Waals surface area contributed by atoms with Gasteiger partial charge in [0.2, 0.25) is 0 Å². The van der Waals surface area contributed by atoms with Gasteiger partial charge in [-0.1, -0.05) is 12.1 Å². The Kier molecular flexibility index (Phi) is 3.16. The van der Waals surface area contributed by atoms with Crippen LogP contribution in [0.2, 0.25) is 0 Å². The van der Waals surface area contributed by atoms with Crippen molar-refractivity contribution in [2.24, 2.45) is 0 Å². The molecule has 0 unspecified atom stereocenters. The molecule has 3 heterocycles. The normalized spacial score (nSPS) is 11.0. The summed E-state index contributed by atoms with van der Waals surface area (Å²) in [6.45, 7) is 0. The van der Waals surface area contributed by atoms with Gasteiger partial charge in [-0.2, -0.15) is 0 Å². The molecule has 1 aromatic carbocycles. The molecule has 106 valence electrons. The van der Waals surface area contributed by atoms with E-state index in [-0.39, 0.29) is 5.82 Å². The fourth-order valence-electron chi connectivity index (χ4n) is 2.54. The van der Waals surface area contributed by atoms with Crippen LogP contribution >= 0.6 is 11.3 Å². The molecule has 3 aromatic heterocycles. The van der Waals surface area contributed by atoms with Crippen LogP contribution in [-0.2, 0) is 0 Å². The lowest BCUT2D eigenvalue weighted by Crippen LogP contribution is -1.82. The van der Waals surface area contributed by atoms with Gasteiger partial charge < -0.3 is 0 Å². The van der Waals surface area contributed by atoms with Gasteiger partial charge in [0.15, 0.2) is 0 Å². The quantitative estimate of drug-likeness (QED) is 0.511. The molecule has 22 heavy (non-hydrogen) atoms. The summed E-state index contributed by atoms with van der Waals surface area (Å²) in [7, 11) is 0. The molecule has 0 radical (unpaired) electrons. The molecule has 0 aliphatic rings. The summed E-state index contributed by atoms with van der Waals surface area (Å²) >= 11 is 1.62. The second-order valence-electron chi connectivity index (χ2n) is 4.91. The number of thiophene rings is 1. The highest BCUT2D eigenvalue weighted by Gasteiger charge is 2.16. The van der Waals surface area contributed by atoms with Gasteiger partial charge in [0.1, 0.15) is 10.6 Å². The maximum atomic E-state index is 13.2. The van der Waals surface area contributed by atoms with Crippen LogP contribution in [0.4, 0.5) is 4.39 Å². The molecule has 0 aliphatic heterocycles. The number of fused-ring (bicyclic) bond motifs is 1. The molecule has 0 amide bonds. The zero-order chi connectivity index (χ0) is 14.9. The monoisotopic (exact) mass is 306 g/mol. The Morgan fingerprint density at radius 1 is 0.818 bits per heavy atom. The van der Waals surface area contributed by atoms with Gasteiger partial charge in [0, 0.05) is 34.4 Å². The predicted octanol–water partition coefficient (Wildman–Crippen LogP) is 5.16. The maximum Gasteiger partial charge on any atom is 0.124 e. The summed E-state index contributed by atoms with van der Waals surface area (Å²) < 4.78 is 13.2. The molecule has 0 fully saturated rings. The third kappa shape index (κ3) is 2.18. The lowest BCUT2D eigenvalue weighted by Gasteiger charge is -2.05. The van der Waals surface area contributed by atoms with Crippen molar-refractivity contribution in [3.63, 3.8) is 0 Å². The van der Waals surface area contributed by atoms with Crippen LogP contribution in [0.15, 0.2) is 67.1 Å². The summed E-state index contributed by atoms with van der Waals surface area (Å²) in [6, 6.07) is 14.6. The SMILES string of the molecule is Fc1ccc(-c2sc3ncccc3c2-c2ccncc2)cc1. The summed E-state index contributed by atoms with van der Waals surface area (Å²) in [6.07, 6.45) is 5.36. The van der Waals surface area contributed by atoms with E-state index < -0.39 is 0 Å². The number of halogens is 1. The first-order valence-electron chi connectivity index (χ1n) is 6.87. The van der Waals surface area contributed by atoms with E-state index in [4.69, 9.17) is 0 Å². The third-order valence-corrected chi connectivity index (χ3v) is 4.70. The molecule has 0 spiro atoms. The molecule has 0 saturated heterocycles. The van der Waals surface area contributed by atoms with Crippen LogP contribution in [0.3, 0.4) is 0 Å². The van der Waals surface area contributed by atoms with E-state index in [0.717, 1.165) is 31.8 Å². The summed E-state index contributed by atoms with van der Waals surface area (Å²) in [5.41, 5.74) is 3.21. The Labute approximate surface area is 130 Å². The number of aromatic nitrogens is 2. The van der Waals surface area contributed by atoms with E-state index in [9.17, 15) is 4.39 Å². The first kappa shape index (κ1) is 13.1. The Bertz CT molecular complexity index is 930. The third-order valence-electron chi connectivity index (χ3n) is 3.54. The van der Waals surface area contributed by atoms with Crippen molar-refractivity contribution in [3.05, 3.63) is 72.9 Å². The molecule has 0 bridgehead atoms. The molecular weight excluding hydrogens is 295 g/mol. The van der Waals surface area contributed by atoms with Gasteiger partial charge in [-0.05, 0) is 47.5 Å². The van der Waals surface area contributed by atoms with Gasteiger partial charge in [-0.25, -0.2) is 9.37 Å². The fraction of sp³-hybridized carbons (Fsp3) is 0. The minimum absolute atomic E-state index is 0.228. The van der Waals surface area contributed by atoms with E-state index in [0.29, 0.717) is 0 Å². The van der Waals surface area contributed by atoms with Crippen molar-refractivity contribution in [3.8, 4) is 21.6 Å². The summed E-state index contributed by atoms with van der Waals surface area (Å²) in [5, 5.41) is 1.11. The number of pyridine rings is 2. The molecule has 0 N–H and O–H groups in total. The number of benzene rings is 1. The first-order valence-corrected chi connectivity index (χ1v) is 7.68. The summed E-state index contributed by atoms with van der Waals surface area (Å²) in [5.74, 6) is -0.228. The second-order valence-corrected chi connectivity index (χ2v) is 5.90. The fourth-order valence-corrected chi connectivity index (χ4v) is 3.71. The van der Waals surface area contributed by atoms with Gasteiger partial charge >= 0.3 is 0 Å². The average molecular weight is 306 g/mol. The van der Waals surface area contributed by atoms with E-state index in [1.165, 1.54) is 12.1 Å². The highest BCUT2D eigenvalue weighted by molar-refractivity contribution is 7.22. The van der Waals surface area contributed by atoms with Crippen molar-refractivity contribution in [2.45, 2.75) is 0 Å². The Balaban J connectivity index is 2.04. The van der Waals surface area contributed by atoms with Crippen LogP contribution in [0.1, 0.15) is 0 Å². The van der Waals surface area contributed by atoms with Gasteiger partial charge in [0.25, 0.3) is 0 Å². The van der Waals surface area contributed by atoms with Gasteiger partial charge in [0.05, 0.1) is 0 Å². The Hall–Kier alpha value is -2.59. The molecule has 4 aromatic rings. The largest absolute Gasteiger partial charge is 0.265 e. The highest BCUT2D eigenvalue weighted by atomic mass is 32.1. The molecular formula is C18H11FN2S. The van der Waals surface area contributed by atoms with Crippen LogP contribution in [0.5, 0.6) is 0 Å². The van der Waals surface area contributed by atoms with Crippen LogP contribution in [-0.4, -0.2) is 9.97 Å². The zero-order valence-electron chi connectivity index (χ0n) is 11.5. The standard InChI is InChI=1S/C18H11FN2S/c19-14-5-3-13(4-6-14)17-16(12-7-10-20-11-8-12)15-2-1-9-21-18(15)22-17/h1-11H. The van der Waals surface area contributed by atoms with Crippen molar-refractivity contribution in [2.75, 3.05) is 0 Å². The first-order chi connectivity index (χ1) is 10.8. The van der Waals surface area contributed by atoms with E-state index >= 15 is 0 Å². The minimum atomic E-state index is -0.228. The Morgan fingerprint density at radius 2 is 1.59 bits per heavy atom. The predicted molar refractivity (Wildman–Crippen MR) is 88.2 cm³/mol. The van der Waals surface area contributed by atoms with Crippen molar-refractivity contribution >= 4 is 21.6 Å². The number of hydrogen-bond acceptors (Lipinski definition) is 3. The molecule has 0 atom stereocenters. The van der Waals surface area contributed by atoms with Crippen molar-refractivity contribution in [1.82, 2.24) is 9.97 Å². The number of nitrogens with zero attached hydrogens (tertiary/aromatic N) is 2. The van der Waals surface area contributed by atoms with Gasteiger partial charge in [-0.15, -0.1) is 11.3 Å². The average Bonchev–Trinajstić information content (AvgIpc) is 2.96. The molecule has 0 saturated carbocycles. The van der Waals surface area contributed by atoms with E-state index in [1.807, 2.05) is 30.3 Å². The molecule has 2 nitrogen and oxygen atoms in total. The topological polar surface area (TPSA) is 25.8 Å². The maximum absolute atomic E-state index is 13.2. The zero-order valence-corrected chi connectivity index (χ0v) is 12.3. The molecule has 0 aliphatic carbocycles. The Morgan fingerprint density at radius 3 is 2.36 bits per heavy atom. The number of rotatable bonds is 2. The van der Waals surface area contributed by atoms with Crippen LogP contribution in [0.25, 0.3) is 31.8 Å². The smallest absolute Gasteiger partial charge is 0.124 e. The lowest BCUT2D eigenvalue weighted by atomic mass is 10.0. The van der Waals surface area contributed by atoms with Crippen LogP contribution < -0.4 is 0 Å². The van der Waals surface area contributed by atoms with Crippen molar-refractivity contribution < 1.29 is 4.39 Å². The van der Waals surface area contributed by atoms with Crippen molar-refractivity contribution in [1.29, 1.82) is 0 Å². The molecule has 4 rings (SSSR count).